The minimum atomic E-state index is -0.480. The predicted octanol–water partition coefficient (Wildman–Crippen LogP) is 2.53. The number of fused-ring (bicyclic) bond motifs is 1. The Morgan fingerprint density at radius 2 is 2.27 bits per heavy atom. The maximum atomic E-state index is 11.8. The summed E-state index contributed by atoms with van der Waals surface area (Å²) >= 11 is 1.58. The standard InChI is InChI=1S/C14H12N4O3S/c1-17(7-9-3-2-4-22-9)12-6-11-10(5-13(12)18(20)21)14(19)16-8-15-11/h2-6,8H,7H2,1H3,(H,15,16,19). The Morgan fingerprint density at radius 3 is 2.95 bits per heavy atom. The molecule has 1 aromatic carbocycles. The molecular weight excluding hydrogens is 304 g/mol. The van der Waals surface area contributed by atoms with Crippen molar-refractivity contribution < 1.29 is 4.92 Å². The Kier molecular flexibility index (Phi) is 3.60. The lowest BCUT2D eigenvalue weighted by atomic mass is 10.1. The summed E-state index contributed by atoms with van der Waals surface area (Å²) in [6.07, 6.45) is 1.29. The summed E-state index contributed by atoms with van der Waals surface area (Å²) in [4.78, 5) is 32.0. The lowest BCUT2D eigenvalue weighted by Crippen LogP contribution is -2.18. The lowest BCUT2D eigenvalue weighted by Gasteiger charge is -2.18. The molecule has 22 heavy (non-hydrogen) atoms. The van der Waals surface area contributed by atoms with Crippen molar-refractivity contribution >= 4 is 33.6 Å². The van der Waals surface area contributed by atoms with E-state index in [0.29, 0.717) is 17.7 Å². The zero-order chi connectivity index (χ0) is 15.7. The molecule has 8 heteroatoms. The van der Waals surface area contributed by atoms with E-state index in [1.165, 1.54) is 12.4 Å². The van der Waals surface area contributed by atoms with Gasteiger partial charge < -0.3 is 9.88 Å². The molecular formula is C14H12N4O3S. The van der Waals surface area contributed by atoms with E-state index in [1.807, 2.05) is 17.5 Å². The molecule has 112 valence electrons. The van der Waals surface area contributed by atoms with Crippen LogP contribution in [0, 0.1) is 10.1 Å². The Hall–Kier alpha value is -2.74. The van der Waals surface area contributed by atoms with Gasteiger partial charge in [0.1, 0.15) is 5.69 Å². The number of aromatic amines is 1. The number of nitrogens with zero attached hydrogens (tertiary/aromatic N) is 3. The van der Waals surface area contributed by atoms with Crippen molar-refractivity contribution in [1.29, 1.82) is 0 Å². The first-order chi connectivity index (χ1) is 10.6. The van der Waals surface area contributed by atoms with Gasteiger partial charge in [0.05, 0.1) is 28.7 Å². The van der Waals surface area contributed by atoms with Gasteiger partial charge in [-0.25, -0.2) is 4.98 Å². The molecule has 0 radical (unpaired) electrons. The van der Waals surface area contributed by atoms with E-state index < -0.39 is 4.92 Å². The SMILES string of the molecule is CN(Cc1cccs1)c1cc2nc[nH]c(=O)c2cc1[N+](=O)[O-]. The van der Waals surface area contributed by atoms with Gasteiger partial charge in [0.15, 0.2) is 0 Å². The monoisotopic (exact) mass is 316 g/mol. The van der Waals surface area contributed by atoms with Crippen LogP contribution in [-0.4, -0.2) is 21.9 Å². The first kappa shape index (κ1) is 14.2. The van der Waals surface area contributed by atoms with Crippen LogP contribution >= 0.6 is 11.3 Å². The maximum absolute atomic E-state index is 11.8. The minimum absolute atomic E-state index is 0.106. The van der Waals surface area contributed by atoms with Gasteiger partial charge in [-0.15, -0.1) is 11.3 Å². The van der Waals surface area contributed by atoms with Crippen LogP contribution in [0.5, 0.6) is 0 Å². The number of nitro groups is 1. The van der Waals surface area contributed by atoms with Gasteiger partial charge in [0.25, 0.3) is 11.2 Å². The van der Waals surface area contributed by atoms with Gasteiger partial charge in [0, 0.05) is 18.0 Å². The highest BCUT2D eigenvalue weighted by Crippen LogP contribution is 2.31. The quantitative estimate of drug-likeness (QED) is 0.590. The summed E-state index contributed by atoms with van der Waals surface area (Å²) in [5, 5.41) is 13.5. The number of nitro benzene ring substituents is 1. The third kappa shape index (κ3) is 2.56. The smallest absolute Gasteiger partial charge is 0.293 e. The second-order valence-corrected chi connectivity index (χ2v) is 5.81. The number of hydrogen-bond donors (Lipinski definition) is 1. The van der Waals surface area contributed by atoms with Crippen molar-refractivity contribution in [2.24, 2.45) is 0 Å². The molecule has 2 heterocycles. The predicted molar refractivity (Wildman–Crippen MR) is 85.4 cm³/mol. The minimum Gasteiger partial charge on any atom is -0.364 e. The van der Waals surface area contributed by atoms with E-state index in [2.05, 4.69) is 9.97 Å². The summed E-state index contributed by atoms with van der Waals surface area (Å²) < 4.78 is 0. The number of hydrogen-bond acceptors (Lipinski definition) is 6. The van der Waals surface area contributed by atoms with Crippen LogP contribution in [0.1, 0.15) is 4.88 Å². The molecule has 1 N–H and O–H groups in total. The highest BCUT2D eigenvalue weighted by atomic mass is 32.1. The molecule has 7 nitrogen and oxygen atoms in total. The van der Waals surface area contributed by atoms with Gasteiger partial charge >= 0.3 is 0 Å². The zero-order valence-electron chi connectivity index (χ0n) is 11.6. The van der Waals surface area contributed by atoms with Gasteiger partial charge in [0.2, 0.25) is 0 Å². The fraction of sp³-hybridized carbons (Fsp3) is 0.143. The number of aromatic nitrogens is 2. The van der Waals surface area contributed by atoms with Crippen LogP contribution in [0.2, 0.25) is 0 Å². The van der Waals surface area contributed by atoms with Gasteiger partial charge in [-0.05, 0) is 17.5 Å². The molecule has 0 unspecified atom stereocenters. The third-order valence-electron chi connectivity index (χ3n) is 3.32. The molecule has 0 spiro atoms. The Bertz CT molecular complexity index is 889. The summed E-state index contributed by atoms with van der Waals surface area (Å²) in [7, 11) is 1.78. The first-order valence-corrected chi connectivity index (χ1v) is 7.33. The molecule has 0 saturated heterocycles. The molecule has 0 atom stereocenters. The topological polar surface area (TPSA) is 92.1 Å². The number of nitrogens with one attached hydrogen (secondary N) is 1. The van der Waals surface area contributed by atoms with Crippen LogP contribution in [0.4, 0.5) is 11.4 Å². The van der Waals surface area contributed by atoms with E-state index in [9.17, 15) is 14.9 Å². The maximum Gasteiger partial charge on any atom is 0.293 e. The Morgan fingerprint density at radius 1 is 1.45 bits per heavy atom. The van der Waals surface area contributed by atoms with Crippen LogP contribution in [0.25, 0.3) is 10.9 Å². The second kappa shape index (κ2) is 5.57. The fourth-order valence-corrected chi connectivity index (χ4v) is 3.02. The van der Waals surface area contributed by atoms with Crippen LogP contribution in [-0.2, 0) is 6.54 Å². The van der Waals surface area contributed by atoms with Crippen LogP contribution in [0.3, 0.4) is 0 Å². The molecule has 0 aliphatic carbocycles. The summed E-state index contributed by atoms with van der Waals surface area (Å²) in [5.41, 5.74) is 0.372. The zero-order valence-corrected chi connectivity index (χ0v) is 12.5. The number of thiophene rings is 1. The summed E-state index contributed by atoms with van der Waals surface area (Å²) in [6, 6.07) is 6.76. The summed E-state index contributed by atoms with van der Waals surface area (Å²) in [6.45, 7) is 0.549. The molecule has 0 aliphatic rings. The second-order valence-electron chi connectivity index (χ2n) is 4.78. The number of benzene rings is 1. The highest BCUT2D eigenvalue weighted by Gasteiger charge is 2.20. The molecule has 3 rings (SSSR count). The average molecular weight is 316 g/mol. The van der Waals surface area contributed by atoms with Gasteiger partial charge in [-0.1, -0.05) is 6.07 Å². The highest BCUT2D eigenvalue weighted by molar-refractivity contribution is 7.09. The van der Waals surface area contributed by atoms with E-state index in [-0.39, 0.29) is 16.6 Å². The van der Waals surface area contributed by atoms with Gasteiger partial charge in [-0.2, -0.15) is 0 Å². The Labute approximate surface area is 129 Å². The largest absolute Gasteiger partial charge is 0.364 e. The van der Waals surface area contributed by atoms with Crippen LogP contribution in [0.15, 0.2) is 40.8 Å². The molecule has 0 amide bonds. The van der Waals surface area contributed by atoms with Gasteiger partial charge in [-0.3, -0.25) is 14.9 Å². The van der Waals surface area contributed by atoms with Crippen LogP contribution < -0.4 is 10.5 Å². The lowest BCUT2D eigenvalue weighted by molar-refractivity contribution is -0.384. The normalized spacial score (nSPS) is 10.8. The van der Waals surface area contributed by atoms with E-state index in [1.54, 1.807) is 29.4 Å². The molecule has 3 aromatic rings. The summed E-state index contributed by atoms with van der Waals surface area (Å²) in [5.74, 6) is 0. The van der Waals surface area contributed by atoms with E-state index >= 15 is 0 Å². The molecule has 0 fully saturated rings. The number of anilines is 1. The van der Waals surface area contributed by atoms with Crippen molar-refractivity contribution in [2.45, 2.75) is 6.54 Å². The average Bonchev–Trinajstić information content (AvgIpc) is 2.99. The van der Waals surface area contributed by atoms with E-state index in [0.717, 1.165) is 4.88 Å². The van der Waals surface area contributed by atoms with Crippen molar-refractivity contribution in [1.82, 2.24) is 9.97 Å². The molecule has 0 bridgehead atoms. The molecule has 0 aliphatic heterocycles. The van der Waals surface area contributed by atoms with Crippen molar-refractivity contribution in [2.75, 3.05) is 11.9 Å². The number of rotatable bonds is 4. The van der Waals surface area contributed by atoms with Crippen molar-refractivity contribution in [3.8, 4) is 0 Å². The Balaban J connectivity index is 2.12. The van der Waals surface area contributed by atoms with Crippen molar-refractivity contribution in [3.63, 3.8) is 0 Å². The number of H-pyrrole nitrogens is 1. The van der Waals surface area contributed by atoms with Crippen molar-refractivity contribution in [3.05, 3.63) is 61.3 Å². The molecule has 0 saturated carbocycles. The van der Waals surface area contributed by atoms with E-state index in [4.69, 9.17) is 0 Å². The third-order valence-corrected chi connectivity index (χ3v) is 4.18. The fourth-order valence-electron chi connectivity index (χ4n) is 2.27. The first-order valence-electron chi connectivity index (χ1n) is 6.45. The molecule has 2 aromatic heterocycles.